The predicted octanol–water partition coefficient (Wildman–Crippen LogP) is 8.03. The zero-order valence-corrected chi connectivity index (χ0v) is 29.3. The normalized spacial score (nSPS) is 12.6. The maximum atomic E-state index is 13.9. The van der Waals surface area contributed by atoms with E-state index in [9.17, 15) is 14.4 Å². The second-order valence-corrected chi connectivity index (χ2v) is 14.4. The van der Waals surface area contributed by atoms with Gasteiger partial charge in [0.15, 0.2) is 5.78 Å². The Kier molecular flexibility index (Phi) is 11.1. The van der Waals surface area contributed by atoms with Crippen molar-refractivity contribution in [2.75, 3.05) is 13.1 Å². The minimum atomic E-state index is -0.707. The van der Waals surface area contributed by atoms with Crippen molar-refractivity contribution in [3.8, 4) is 11.3 Å². The molecule has 8 heteroatoms. The molecule has 1 atom stereocenters. The molecule has 2 aromatic carbocycles. The minimum Gasteiger partial charge on any atom is -0.460 e. The van der Waals surface area contributed by atoms with E-state index in [0.717, 1.165) is 45.3 Å². The molecule has 0 bridgehead atoms. The van der Waals surface area contributed by atoms with E-state index < -0.39 is 17.3 Å². The smallest absolute Gasteiger partial charge is 0.419 e. The third-order valence-corrected chi connectivity index (χ3v) is 7.76. The lowest BCUT2D eigenvalue weighted by Crippen LogP contribution is -2.35. The van der Waals surface area contributed by atoms with Crippen LogP contribution in [-0.2, 0) is 27.1 Å². The molecule has 0 aliphatic carbocycles. The fourth-order valence-electron chi connectivity index (χ4n) is 5.81. The van der Waals surface area contributed by atoms with E-state index in [4.69, 9.17) is 9.47 Å². The molecule has 1 N–H and O–H groups in total. The van der Waals surface area contributed by atoms with Crippen molar-refractivity contribution in [2.45, 2.75) is 92.8 Å². The van der Waals surface area contributed by atoms with Crippen molar-refractivity contribution >= 4 is 28.7 Å². The third-order valence-electron chi connectivity index (χ3n) is 7.76. The summed E-state index contributed by atoms with van der Waals surface area (Å²) in [6, 6.07) is 15.6. The van der Waals surface area contributed by atoms with E-state index in [1.165, 1.54) is 0 Å². The topological polar surface area (TPSA) is 99.5 Å². The van der Waals surface area contributed by atoms with Crippen molar-refractivity contribution in [3.05, 3.63) is 88.7 Å². The van der Waals surface area contributed by atoms with Crippen LogP contribution in [0.25, 0.3) is 22.2 Å². The summed E-state index contributed by atoms with van der Waals surface area (Å²) in [5.74, 6) is -0.639. The minimum absolute atomic E-state index is 0.0525. The van der Waals surface area contributed by atoms with Crippen molar-refractivity contribution in [1.82, 2.24) is 14.9 Å². The van der Waals surface area contributed by atoms with Gasteiger partial charge in [0.1, 0.15) is 11.2 Å². The fourth-order valence-corrected chi connectivity index (χ4v) is 5.81. The first kappa shape index (κ1) is 35.6. The molecule has 250 valence electrons. The number of aryl methyl sites for hydroxylation is 3. The number of ketones is 1. The number of hydrogen-bond acceptors (Lipinski definition) is 7. The molecular formula is C39H49N3O5. The molecule has 2 aromatic heterocycles. The molecule has 0 saturated heterocycles. The number of nitrogens with one attached hydrogen (secondary N) is 1. The maximum absolute atomic E-state index is 13.9. The Hall–Kier alpha value is -4.30. The summed E-state index contributed by atoms with van der Waals surface area (Å²) in [4.78, 5) is 43.7. The first-order chi connectivity index (χ1) is 22.0. The molecule has 0 aliphatic heterocycles. The van der Waals surface area contributed by atoms with E-state index >= 15 is 0 Å². The van der Waals surface area contributed by atoms with Gasteiger partial charge in [0, 0.05) is 29.9 Å². The SMILES string of the molecule is CC(=O)c1ccc2c(c1)c(CCNCC(CCc1ccncc1)C(=O)OC(C)(C)C)c(-c1cc(C)cc(C)c1)n2C(=O)OC(C)(C)C. The summed E-state index contributed by atoms with van der Waals surface area (Å²) >= 11 is 0. The molecule has 4 rings (SSSR count). The van der Waals surface area contributed by atoms with Gasteiger partial charge in [0.05, 0.1) is 17.1 Å². The van der Waals surface area contributed by atoms with Gasteiger partial charge >= 0.3 is 12.1 Å². The Labute approximate surface area is 278 Å². The van der Waals surface area contributed by atoms with Crippen molar-refractivity contribution in [3.63, 3.8) is 0 Å². The molecule has 0 amide bonds. The highest BCUT2D eigenvalue weighted by atomic mass is 16.6. The van der Waals surface area contributed by atoms with Gasteiger partial charge in [-0.25, -0.2) is 9.36 Å². The van der Waals surface area contributed by atoms with Gasteiger partial charge in [-0.1, -0.05) is 17.2 Å². The van der Waals surface area contributed by atoms with Crippen LogP contribution in [0.5, 0.6) is 0 Å². The largest absolute Gasteiger partial charge is 0.460 e. The maximum Gasteiger partial charge on any atom is 0.419 e. The number of benzene rings is 2. The Balaban J connectivity index is 1.71. The second-order valence-electron chi connectivity index (χ2n) is 14.4. The van der Waals surface area contributed by atoms with Crippen LogP contribution in [0.15, 0.2) is 60.9 Å². The lowest BCUT2D eigenvalue weighted by Gasteiger charge is -2.24. The van der Waals surface area contributed by atoms with Crippen molar-refractivity contribution in [2.24, 2.45) is 5.92 Å². The van der Waals surface area contributed by atoms with Crippen LogP contribution in [0, 0.1) is 19.8 Å². The second kappa shape index (κ2) is 14.6. The Bertz CT molecular complexity index is 1720. The van der Waals surface area contributed by atoms with Gasteiger partial charge in [-0.3, -0.25) is 14.6 Å². The van der Waals surface area contributed by atoms with Gasteiger partial charge in [-0.2, -0.15) is 0 Å². The zero-order chi connectivity index (χ0) is 34.5. The standard InChI is InChI=1S/C39H49N3O5/c1-25-20-26(2)22-31(21-25)35-32(33-23-29(27(3)43)12-13-34(33)42(35)37(45)47-39(7,8)9)16-19-41-24-30(36(44)46-38(4,5)6)11-10-28-14-17-40-18-15-28/h12-15,17-18,20-23,30,41H,10-11,16,19,24H2,1-9H3. The zero-order valence-electron chi connectivity index (χ0n) is 29.3. The highest BCUT2D eigenvalue weighted by molar-refractivity contribution is 6.04. The number of fused-ring (bicyclic) bond motifs is 1. The number of esters is 1. The number of pyridine rings is 1. The van der Waals surface area contributed by atoms with Crippen LogP contribution in [0.3, 0.4) is 0 Å². The van der Waals surface area contributed by atoms with E-state index in [1.54, 1.807) is 30.0 Å². The van der Waals surface area contributed by atoms with Crippen LogP contribution < -0.4 is 5.32 Å². The van der Waals surface area contributed by atoms with Crippen molar-refractivity contribution in [1.29, 1.82) is 0 Å². The van der Waals surface area contributed by atoms with Crippen LogP contribution in [0.1, 0.15) is 87.5 Å². The van der Waals surface area contributed by atoms with Crippen LogP contribution in [0.2, 0.25) is 0 Å². The lowest BCUT2D eigenvalue weighted by atomic mass is 9.97. The number of rotatable bonds is 11. The van der Waals surface area contributed by atoms with Gasteiger partial charge < -0.3 is 14.8 Å². The van der Waals surface area contributed by atoms with Gasteiger partial charge in [0.25, 0.3) is 0 Å². The van der Waals surface area contributed by atoms with E-state index in [-0.39, 0.29) is 17.7 Å². The number of carbonyl (C=O) groups is 3. The first-order valence-electron chi connectivity index (χ1n) is 16.3. The molecule has 2 heterocycles. The van der Waals surface area contributed by atoms with Crippen LogP contribution in [-0.4, -0.2) is 51.7 Å². The molecule has 1 unspecified atom stereocenters. The average Bonchev–Trinajstić information content (AvgIpc) is 3.28. The number of aromatic nitrogens is 2. The van der Waals surface area contributed by atoms with E-state index in [2.05, 4.69) is 28.5 Å². The van der Waals surface area contributed by atoms with Crippen LogP contribution >= 0.6 is 0 Å². The molecule has 0 saturated carbocycles. The number of Topliss-reactive ketones (excluding diaryl/α,β-unsaturated/α-hetero) is 1. The highest BCUT2D eigenvalue weighted by Gasteiger charge is 2.28. The summed E-state index contributed by atoms with van der Waals surface area (Å²) < 4.78 is 13.4. The van der Waals surface area contributed by atoms with Crippen LogP contribution in [0.4, 0.5) is 4.79 Å². The Morgan fingerprint density at radius 1 is 0.851 bits per heavy atom. The predicted molar refractivity (Wildman–Crippen MR) is 187 cm³/mol. The van der Waals surface area contributed by atoms with E-state index in [1.807, 2.05) is 79.7 Å². The molecule has 0 radical (unpaired) electrons. The Morgan fingerprint density at radius 2 is 1.49 bits per heavy atom. The summed E-state index contributed by atoms with van der Waals surface area (Å²) in [5, 5.41) is 4.33. The monoisotopic (exact) mass is 639 g/mol. The van der Waals surface area contributed by atoms with Gasteiger partial charge in [-0.05, 0) is 147 Å². The Morgan fingerprint density at radius 3 is 2.09 bits per heavy atom. The molecular weight excluding hydrogens is 590 g/mol. The number of ether oxygens (including phenoxy) is 2. The number of hydrogen-bond donors (Lipinski definition) is 1. The average molecular weight is 640 g/mol. The highest BCUT2D eigenvalue weighted by Crippen LogP contribution is 2.36. The summed E-state index contributed by atoms with van der Waals surface area (Å²) in [6.07, 6.45) is 4.93. The van der Waals surface area contributed by atoms with Gasteiger partial charge in [-0.15, -0.1) is 0 Å². The summed E-state index contributed by atoms with van der Waals surface area (Å²) in [6.45, 7) is 17.8. The molecule has 0 fully saturated rings. The first-order valence-corrected chi connectivity index (χ1v) is 16.3. The summed E-state index contributed by atoms with van der Waals surface area (Å²) in [5.41, 5.74) is 5.77. The number of nitrogens with zero attached hydrogens (tertiary/aromatic N) is 2. The molecule has 8 nitrogen and oxygen atoms in total. The van der Waals surface area contributed by atoms with Crippen molar-refractivity contribution < 1.29 is 23.9 Å². The molecule has 0 aliphatic rings. The fraction of sp³-hybridized carbons (Fsp3) is 0.436. The van der Waals surface area contributed by atoms with Gasteiger partial charge in [0.2, 0.25) is 0 Å². The molecule has 0 spiro atoms. The molecule has 47 heavy (non-hydrogen) atoms. The number of carbonyl (C=O) groups excluding carboxylic acids is 3. The molecule has 4 aromatic rings. The van der Waals surface area contributed by atoms with E-state index in [0.29, 0.717) is 37.0 Å². The lowest BCUT2D eigenvalue weighted by molar-refractivity contribution is -0.160. The third kappa shape index (κ3) is 9.61. The summed E-state index contributed by atoms with van der Waals surface area (Å²) in [7, 11) is 0. The quantitative estimate of drug-likeness (QED) is 0.101.